The van der Waals surface area contributed by atoms with Crippen LogP contribution in [0.5, 0.6) is 5.75 Å². The summed E-state index contributed by atoms with van der Waals surface area (Å²) in [6.07, 6.45) is 1.61. The highest BCUT2D eigenvalue weighted by atomic mass is 32.1. The molecule has 1 aromatic heterocycles. The molecule has 3 aromatic rings. The SMILES string of the molecule is C[C@H](Oc1ccccc1)C(=O)N1CCC[C@H](c2nc3ccccc3s2)C1. The summed E-state index contributed by atoms with van der Waals surface area (Å²) in [5, 5.41) is 1.14. The minimum Gasteiger partial charge on any atom is -0.481 e. The Morgan fingerprint density at radius 2 is 1.96 bits per heavy atom. The van der Waals surface area contributed by atoms with Gasteiger partial charge in [-0.05, 0) is 44.0 Å². The van der Waals surface area contributed by atoms with Crippen molar-refractivity contribution in [3.63, 3.8) is 0 Å². The second-order valence-electron chi connectivity index (χ2n) is 6.72. The van der Waals surface area contributed by atoms with Gasteiger partial charge in [-0.25, -0.2) is 4.98 Å². The third-order valence-electron chi connectivity index (χ3n) is 4.80. The molecule has 1 aliphatic rings. The maximum absolute atomic E-state index is 12.8. The van der Waals surface area contributed by atoms with Crippen LogP contribution < -0.4 is 4.74 Å². The largest absolute Gasteiger partial charge is 0.481 e. The van der Waals surface area contributed by atoms with Gasteiger partial charge in [-0.3, -0.25) is 4.79 Å². The number of benzene rings is 2. The third-order valence-corrected chi connectivity index (χ3v) is 6.00. The van der Waals surface area contributed by atoms with Crippen molar-refractivity contribution in [1.29, 1.82) is 0 Å². The van der Waals surface area contributed by atoms with Crippen molar-refractivity contribution in [2.24, 2.45) is 0 Å². The summed E-state index contributed by atoms with van der Waals surface area (Å²) in [6, 6.07) is 17.7. The molecule has 134 valence electrons. The van der Waals surface area contributed by atoms with Crippen LogP contribution in [-0.2, 0) is 4.79 Å². The summed E-state index contributed by atoms with van der Waals surface area (Å²) in [4.78, 5) is 19.6. The number of amides is 1. The molecule has 0 radical (unpaired) electrons. The molecule has 2 aromatic carbocycles. The highest BCUT2D eigenvalue weighted by Crippen LogP contribution is 2.33. The number of rotatable bonds is 4. The van der Waals surface area contributed by atoms with Gasteiger partial charge in [-0.2, -0.15) is 0 Å². The lowest BCUT2D eigenvalue weighted by molar-refractivity contribution is -0.139. The lowest BCUT2D eigenvalue weighted by Gasteiger charge is -2.33. The standard InChI is InChI=1S/C21H22N2O2S/c1-15(25-17-9-3-2-4-10-17)21(24)23-13-7-8-16(14-23)20-22-18-11-5-6-12-19(18)26-20/h2-6,9-12,15-16H,7-8,13-14H2,1H3/t15-,16-/m0/s1. The number of piperidine rings is 1. The smallest absolute Gasteiger partial charge is 0.263 e. The predicted molar refractivity (Wildman–Crippen MR) is 105 cm³/mol. The van der Waals surface area contributed by atoms with Gasteiger partial charge in [0.05, 0.1) is 15.2 Å². The minimum absolute atomic E-state index is 0.0552. The van der Waals surface area contributed by atoms with Crippen LogP contribution in [0.4, 0.5) is 0 Å². The highest BCUT2D eigenvalue weighted by molar-refractivity contribution is 7.18. The van der Waals surface area contributed by atoms with E-state index in [1.807, 2.05) is 54.3 Å². The second-order valence-corrected chi connectivity index (χ2v) is 7.78. The van der Waals surface area contributed by atoms with Crippen molar-refractivity contribution in [3.8, 4) is 5.75 Å². The molecule has 0 saturated carbocycles. The number of carbonyl (C=O) groups excluding carboxylic acids is 1. The van der Waals surface area contributed by atoms with Gasteiger partial charge in [0.25, 0.3) is 5.91 Å². The summed E-state index contributed by atoms with van der Waals surface area (Å²) in [5.41, 5.74) is 1.05. The van der Waals surface area contributed by atoms with Crippen molar-refractivity contribution >= 4 is 27.5 Å². The van der Waals surface area contributed by atoms with Gasteiger partial charge in [0.2, 0.25) is 0 Å². The average molecular weight is 366 g/mol. The zero-order chi connectivity index (χ0) is 17.9. The first kappa shape index (κ1) is 17.0. The Morgan fingerprint density at radius 1 is 1.19 bits per heavy atom. The van der Waals surface area contributed by atoms with Crippen molar-refractivity contribution in [2.45, 2.75) is 31.8 Å². The lowest BCUT2D eigenvalue weighted by Crippen LogP contribution is -2.45. The summed E-state index contributed by atoms with van der Waals surface area (Å²) in [7, 11) is 0. The molecule has 0 spiro atoms. The maximum atomic E-state index is 12.8. The molecular formula is C21H22N2O2S. The van der Waals surface area contributed by atoms with E-state index >= 15 is 0 Å². The van der Waals surface area contributed by atoms with E-state index in [4.69, 9.17) is 9.72 Å². The molecule has 2 atom stereocenters. The summed E-state index contributed by atoms with van der Waals surface area (Å²) < 4.78 is 7.03. The minimum atomic E-state index is -0.480. The van der Waals surface area contributed by atoms with Gasteiger partial charge >= 0.3 is 0 Å². The maximum Gasteiger partial charge on any atom is 0.263 e. The first-order chi connectivity index (χ1) is 12.7. The molecule has 4 rings (SSSR count). The molecule has 2 heterocycles. The van der Waals surface area contributed by atoms with Crippen molar-refractivity contribution in [3.05, 3.63) is 59.6 Å². The van der Waals surface area contributed by atoms with Crippen LogP contribution in [-0.4, -0.2) is 35.0 Å². The quantitative estimate of drug-likeness (QED) is 0.684. The molecule has 0 unspecified atom stereocenters. The molecule has 0 bridgehead atoms. The Morgan fingerprint density at radius 3 is 2.77 bits per heavy atom. The first-order valence-corrected chi connectivity index (χ1v) is 9.88. The van der Waals surface area contributed by atoms with E-state index in [9.17, 15) is 4.79 Å². The van der Waals surface area contributed by atoms with Crippen molar-refractivity contribution < 1.29 is 9.53 Å². The van der Waals surface area contributed by atoms with Crippen LogP contribution in [0.3, 0.4) is 0 Å². The summed E-state index contributed by atoms with van der Waals surface area (Å²) in [6.45, 7) is 3.35. The summed E-state index contributed by atoms with van der Waals surface area (Å²) >= 11 is 1.75. The number of hydrogen-bond donors (Lipinski definition) is 0. The van der Waals surface area contributed by atoms with E-state index < -0.39 is 6.10 Å². The first-order valence-electron chi connectivity index (χ1n) is 9.06. The van der Waals surface area contributed by atoms with Crippen LogP contribution >= 0.6 is 11.3 Å². The zero-order valence-electron chi connectivity index (χ0n) is 14.8. The van der Waals surface area contributed by atoms with E-state index in [0.29, 0.717) is 5.92 Å². The predicted octanol–water partition coefficient (Wildman–Crippen LogP) is 4.47. The molecule has 1 fully saturated rings. The van der Waals surface area contributed by atoms with Crippen molar-refractivity contribution in [1.82, 2.24) is 9.88 Å². The van der Waals surface area contributed by atoms with Crippen LogP contribution in [0.15, 0.2) is 54.6 Å². The molecule has 1 amide bonds. The average Bonchev–Trinajstić information content (AvgIpc) is 3.12. The molecule has 1 saturated heterocycles. The Kier molecular flexibility index (Phi) is 4.89. The number of hydrogen-bond acceptors (Lipinski definition) is 4. The van der Waals surface area contributed by atoms with E-state index in [1.54, 1.807) is 11.3 Å². The molecule has 4 nitrogen and oxygen atoms in total. The van der Waals surface area contributed by atoms with E-state index in [-0.39, 0.29) is 5.91 Å². The van der Waals surface area contributed by atoms with Gasteiger partial charge in [-0.15, -0.1) is 11.3 Å². The van der Waals surface area contributed by atoms with Gasteiger partial charge in [-0.1, -0.05) is 30.3 Å². The Bertz CT molecular complexity index is 860. The Balaban J connectivity index is 1.44. The fraction of sp³-hybridized carbons (Fsp3) is 0.333. The number of carbonyl (C=O) groups is 1. The number of aromatic nitrogens is 1. The van der Waals surface area contributed by atoms with Gasteiger partial charge in [0.15, 0.2) is 6.10 Å². The fourth-order valence-electron chi connectivity index (χ4n) is 3.45. The number of fused-ring (bicyclic) bond motifs is 1. The van der Waals surface area contributed by atoms with Crippen LogP contribution in [0.1, 0.15) is 30.7 Å². The number of ether oxygens (including phenoxy) is 1. The Labute approximate surface area is 157 Å². The molecule has 1 aliphatic heterocycles. The number of nitrogens with zero attached hydrogens (tertiary/aromatic N) is 2. The molecule has 0 aliphatic carbocycles. The van der Waals surface area contributed by atoms with E-state index in [0.717, 1.165) is 42.2 Å². The van der Waals surface area contributed by atoms with Crippen LogP contribution in [0.25, 0.3) is 10.2 Å². The fourth-order valence-corrected chi connectivity index (χ4v) is 4.55. The third kappa shape index (κ3) is 3.58. The van der Waals surface area contributed by atoms with Crippen LogP contribution in [0, 0.1) is 0 Å². The Hall–Kier alpha value is -2.40. The number of para-hydroxylation sites is 2. The van der Waals surface area contributed by atoms with Crippen LogP contribution in [0.2, 0.25) is 0 Å². The zero-order valence-corrected chi connectivity index (χ0v) is 15.6. The molecule has 5 heteroatoms. The van der Waals surface area contributed by atoms with Gasteiger partial charge in [0.1, 0.15) is 5.75 Å². The molecule has 26 heavy (non-hydrogen) atoms. The molecule has 0 N–H and O–H groups in total. The van der Waals surface area contributed by atoms with E-state index in [1.165, 1.54) is 4.70 Å². The normalized spacial score (nSPS) is 18.7. The topological polar surface area (TPSA) is 42.4 Å². The molecular weight excluding hydrogens is 344 g/mol. The van der Waals surface area contributed by atoms with Crippen molar-refractivity contribution in [2.75, 3.05) is 13.1 Å². The number of likely N-dealkylation sites (tertiary alicyclic amines) is 1. The van der Waals surface area contributed by atoms with Gasteiger partial charge in [0, 0.05) is 19.0 Å². The highest BCUT2D eigenvalue weighted by Gasteiger charge is 2.30. The number of thiazole rings is 1. The monoisotopic (exact) mass is 366 g/mol. The lowest BCUT2D eigenvalue weighted by atomic mass is 9.98. The summed E-state index contributed by atoms with van der Waals surface area (Å²) in [5.74, 6) is 1.10. The van der Waals surface area contributed by atoms with Gasteiger partial charge < -0.3 is 9.64 Å². The van der Waals surface area contributed by atoms with E-state index in [2.05, 4.69) is 12.1 Å². The second kappa shape index (κ2) is 7.46.